The van der Waals surface area contributed by atoms with Crippen LogP contribution in [0.5, 0.6) is 0 Å². The molecule has 5 aliphatic carbocycles. The Labute approximate surface area is 193 Å². The Bertz CT molecular complexity index is 798. The fourth-order valence-corrected chi connectivity index (χ4v) is 8.13. The maximum Gasteiger partial charge on any atom is 0.109 e. The van der Waals surface area contributed by atoms with Crippen molar-refractivity contribution < 1.29 is 4.74 Å². The summed E-state index contributed by atoms with van der Waals surface area (Å²) in [6.45, 7) is 3.79. The van der Waals surface area contributed by atoms with E-state index in [9.17, 15) is 0 Å². The van der Waals surface area contributed by atoms with E-state index in [1.165, 1.54) is 63.4 Å². The van der Waals surface area contributed by atoms with E-state index in [1.54, 1.807) is 0 Å². The van der Waals surface area contributed by atoms with E-state index in [2.05, 4.69) is 43.5 Å². The average molecular weight is 439 g/mol. The first-order chi connectivity index (χ1) is 15.1. The van der Waals surface area contributed by atoms with Crippen molar-refractivity contribution in [2.75, 3.05) is 13.2 Å². The predicted molar refractivity (Wildman–Crippen MR) is 132 cm³/mol. The number of benzene rings is 1. The maximum atomic E-state index is 6.31. The number of aliphatic imine (C=N–C) groups is 1. The van der Waals surface area contributed by atoms with Gasteiger partial charge in [0.25, 0.3) is 0 Å². The van der Waals surface area contributed by atoms with Crippen LogP contribution in [0.1, 0.15) is 70.3 Å². The average Bonchev–Trinajstić information content (AvgIpc) is 2.80. The molecule has 4 bridgehead atoms. The number of rotatable bonds is 6. The largest absolute Gasteiger partial charge is 0.378 e. The second kappa shape index (κ2) is 8.68. The van der Waals surface area contributed by atoms with Crippen molar-refractivity contribution in [3.63, 3.8) is 0 Å². The summed E-state index contributed by atoms with van der Waals surface area (Å²) >= 11 is 6.10. The van der Waals surface area contributed by atoms with Gasteiger partial charge in [-0.1, -0.05) is 42.5 Å². The Morgan fingerprint density at radius 2 is 1.77 bits per heavy atom. The summed E-state index contributed by atoms with van der Waals surface area (Å²) in [5.74, 6) is 2.50. The molecular weight excluding hydrogens is 400 g/mol. The van der Waals surface area contributed by atoms with Crippen LogP contribution in [0.4, 0.5) is 0 Å². The van der Waals surface area contributed by atoms with Crippen LogP contribution in [0, 0.1) is 29.1 Å². The molecule has 3 nitrogen and oxygen atoms in total. The van der Waals surface area contributed by atoms with Crippen molar-refractivity contribution in [3.8, 4) is 0 Å². The van der Waals surface area contributed by atoms with E-state index in [-0.39, 0.29) is 10.8 Å². The predicted octanol–water partition coefficient (Wildman–Crippen LogP) is 5.70. The molecule has 1 aromatic rings. The van der Waals surface area contributed by atoms with Crippen LogP contribution in [0.25, 0.3) is 0 Å². The zero-order valence-corrected chi connectivity index (χ0v) is 19.8. The molecule has 6 rings (SSSR count). The summed E-state index contributed by atoms with van der Waals surface area (Å²) in [6, 6.07) is 11.2. The molecule has 0 amide bonds. The minimum absolute atomic E-state index is 0.0789. The highest BCUT2D eigenvalue weighted by atomic mass is 32.1. The Kier molecular flexibility index (Phi) is 6.09. The van der Waals surface area contributed by atoms with Gasteiger partial charge in [-0.25, -0.2) is 0 Å². The third kappa shape index (κ3) is 3.94. The van der Waals surface area contributed by atoms with Crippen molar-refractivity contribution in [1.29, 1.82) is 0 Å². The molecule has 0 heterocycles. The van der Waals surface area contributed by atoms with Crippen LogP contribution in [-0.2, 0) is 10.2 Å². The van der Waals surface area contributed by atoms with Crippen LogP contribution in [0.15, 0.2) is 35.3 Å². The van der Waals surface area contributed by atoms with Crippen LogP contribution >= 0.6 is 12.2 Å². The summed E-state index contributed by atoms with van der Waals surface area (Å²) in [4.78, 5) is 6.00. The zero-order valence-electron chi connectivity index (χ0n) is 19.0. The molecule has 2 N–H and O–H groups in total. The minimum atomic E-state index is 0.0789. The molecule has 5 aliphatic rings. The van der Waals surface area contributed by atoms with Gasteiger partial charge < -0.3 is 10.5 Å². The molecule has 168 valence electrons. The highest BCUT2D eigenvalue weighted by Gasteiger charge is 2.63. The zero-order chi connectivity index (χ0) is 21.5. The van der Waals surface area contributed by atoms with E-state index < -0.39 is 0 Å². The number of hydrogen-bond acceptors (Lipinski definition) is 3. The minimum Gasteiger partial charge on any atom is -0.378 e. The summed E-state index contributed by atoms with van der Waals surface area (Å²) in [7, 11) is 0. The third-order valence-corrected chi connectivity index (χ3v) is 9.58. The fraction of sp³-hybridized carbons (Fsp3) is 0.704. The van der Waals surface area contributed by atoms with Crippen LogP contribution in [-0.4, -0.2) is 30.5 Å². The second-order valence-electron chi connectivity index (χ2n) is 11.0. The highest BCUT2D eigenvalue weighted by molar-refractivity contribution is 7.80. The van der Waals surface area contributed by atoms with Crippen molar-refractivity contribution in [2.45, 2.75) is 76.2 Å². The molecule has 1 aromatic carbocycles. The van der Waals surface area contributed by atoms with E-state index in [4.69, 9.17) is 27.7 Å². The summed E-state index contributed by atoms with van der Waals surface area (Å²) in [6.07, 6.45) is 13.5. The Morgan fingerprint density at radius 1 is 1.10 bits per heavy atom. The summed E-state index contributed by atoms with van der Waals surface area (Å²) in [5, 5.41) is 0. The van der Waals surface area contributed by atoms with Gasteiger partial charge in [-0.15, -0.1) is 0 Å². The molecule has 0 saturated heterocycles. The van der Waals surface area contributed by atoms with Gasteiger partial charge in [-0.2, -0.15) is 0 Å². The van der Waals surface area contributed by atoms with Crippen molar-refractivity contribution in [1.82, 2.24) is 0 Å². The molecule has 0 spiro atoms. The number of nitrogens with zero attached hydrogens (tertiary/aromatic N) is 1. The maximum absolute atomic E-state index is 6.31. The lowest BCUT2D eigenvalue weighted by atomic mass is 9.42. The number of nitrogens with two attached hydrogens (primary N) is 1. The van der Waals surface area contributed by atoms with Gasteiger partial charge in [0.1, 0.15) is 4.99 Å². The van der Waals surface area contributed by atoms with Crippen LogP contribution in [0.2, 0.25) is 0 Å². The first-order valence-corrected chi connectivity index (χ1v) is 12.9. The molecular formula is C27H38N2OS. The monoisotopic (exact) mass is 438 g/mol. The molecule has 0 radical (unpaired) electrons. The van der Waals surface area contributed by atoms with Gasteiger partial charge in [0.05, 0.1) is 6.10 Å². The molecule has 2 unspecified atom stereocenters. The van der Waals surface area contributed by atoms with E-state index >= 15 is 0 Å². The molecule has 4 heteroatoms. The molecule has 5 fully saturated rings. The lowest BCUT2D eigenvalue weighted by Gasteiger charge is -2.64. The number of ether oxygens (including phenoxy) is 1. The fourth-order valence-electron chi connectivity index (χ4n) is 7.83. The van der Waals surface area contributed by atoms with Gasteiger partial charge in [-0.3, -0.25) is 4.99 Å². The Balaban J connectivity index is 1.38. The molecule has 0 aliphatic heterocycles. The van der Waals surface area contributed by atoms with E-state index in [1.807, 2.05) is 0 Å². The van der Waals surface area contributed by atoms with Crippen LogP contribution < -0.4 is 5.73 Å². The van der Waals surface area contributed by atoms with Crippen molar-refractivity contribution in [3.05, 3.63) is 35.9 Å². The molecule has 0 aromatic heterocycles. The summed E-state index contributed by atoms with van der Waals surface area (Å²) in [5.41, 5.74) is 7.71. The topological polar surface area (TPSA) is 47.6 Å². The summed E-state index contributed by atoms with van der Waals surface area (Å²) < 4.78 is 6.31. The first-order valence-electron chi connectivity index (χ1n) is 12.5. The van der Waals surface area contributed by atoms with Crippen LogP contribution in [0.3, 0.4) is 0 Å². The van der Waals surface area contributed by atoms with Gasteiger partial charge in [-0.05, 0) is 106 Å². The lowest BCUT2D eigenvalue weighted by molar-refractivity contribution is -0.148. The molecule has 31 heavy (non-hydrogen) atoms. The van der Waals surface area contributed by atoms with Gasteiger partial charge in [0.15, 0.2) is 0 Å². The standard InChI is InChI=1S/C27H38N2OS/c1-2-30-24-21-12-26(23-6-4-3-5-7-23)13-22(24)15-27(14-21,18-26)25(31)29-17-20-10-8-19(16-28)9-11-20/h3-7,17,19-22,24H,2,8-16,18,28H2,1H3. The van der Waals surface area contributed by atoms with Gasteiger partial charge in [0, 0.05) is 18.2 Å². The Hall–Kier alpha value is -1.10. The quantitative estimate of drug-likeness (QED) is 0.457. The smallest absolute Gasteiger partial charge is 0.109 e. The lowest BCUT2D eigenvalue weighted by Crippen LogP contribution is -2.62. The van der Waals surface area contributed by atoms with Gasteiger partial charge in [0.2, 0.25) is 0 Å². The van der Waals surface area contributed by atoms with Gasteiger partial charge >= 0.3 is 0 Å². The SMILES string of the molecule is CCOC1C2CC3(C(=S)N=CC4CCC(CN)CC4)CC1CC(c1ccccc1)(C2)C3. The first kappa shape index (κ1) is 21.7. The van der Waals surface area contributed by atoms with Crippen molar-refractivity contribution >= 4 is 23.4 Å². The third-order valence-electron chi connectivity index (χ3n) is 9.04. The Morgan fingerprint density at radius 3 is 2.39 bits per heavy atom. The van der Waals surface area contributed by atoms with E-state index in [0.29, 0.717) is 29.8 Å². The number of hydrogen-bond donors (Lipinski definition) is 1. The molecule has 5 saturated carbocycles. The highest BCUT2D eigenvalue weighted by Crippen LogP contribution is 2.66. The molecule has 2 atom stereocenters. The van der Waals surface area contributed by atoms with Crippen molar-refractivity contribution in [2.24, 2.45) is 39.8 Å². The number of thiocarbonyl (C=S) groups is 1. The second-order valence-corrected chi connectivity index (χ2v) is 11.3. The normalized spacial score (nSPS) is 41.7. The van der Waals surface area contributed by atoms with E-state index in [0.717, 1.165) is 18.1 Å².